The number of benzene rings is 1. The number of imidazole rings is 1. The highest BCUT2D eigenvalue weighted by Crippen LogP contribution is 2.55. The van der Waals surface area contributed by atoms with Crippen molar-refractivity contribution in [2.24, 2.45) is 10.8 Å². The van der Waals surface area contributed by atoms with Crippen molar-refractivity contribution in [3.63, 3.8) is 0 Å². The molecule has 1 aromatic carbocycles. The lowest BCUT2D eigenvalue weighted by atomic mass is 9.64. The van der Waals surface area contributed by atoms with Crippen LogP contribution in [0.25, 0.3) is 21.7 Å². The summed E-state index contributed by atoms with van der Waals surface area (Å²) in [6, 6.07) is 10.6. The number of fused-ring (bicyclic) bond motifs is 1. The van der Waals surface area contributed by atoms with Crippen molar-refractivity contribution < 1.29 is 14.0 Å². The summed E-state index contributed by atoms with van der Waals surface area (Å²) in [5.74, 6) is 0.975. The molecule has 4 aromatic rings. The SMILES string of the molecule is C=CC(=O)N1CC[C@]2(C1)C[C@H](n1c(NC(=O)c3ccc(-c4cnco4)s3)nc3cc(CN[C@@H](C)C(C)(C)C)ccc31)C2. The molecule has 0 radical (unpaired) electrons. The van der Waals surface area contributed by atoms with Crippen LogP contribution in [-0.4, -0.2) is 50.4 Å². The van der Waals surface area contributed by atoms with Crippen molar-refractivity contribution in [3.8, 4) is 10.6 Å². The Morgan fingerprint density at radius 3 is 2.79 bits per heavy atom. The van der Waals surface area contributed by atoms with Gasteiger partial charge < -0.3 is 19.2 Å². The fraction of sp³-hybridized carbons (Fsp3) is 0.438. The molecule has 1 saturated heterocycles. The quantitative estimate of drug-likeness (QED) is 0.236. The number of nitrogens with zero attached hydrogens (tertiary/aromatic N) is 4. The number of aromatic nitrogens is 3. The molecule has 2 fully saturated rings. The van der Waals surface area contributed by atoms with Crippen molar-refractivity contribution in [3.05, 3.63) is 66.0 Å². The zero-order valence-corrected chi connectivity index (χ0v) is 25.5. The van der Waals surface area contributed by atoms with Crippen LogP contribution in [0.5, 0.6) is 0 Å². The van der Waals surface area contributed by atoms with Gasteiger partial charge in [0.15, 0.2) is 12.2 Å². The van der Waals surface area contributed by atoms with Gasteiger partial charge in [0.2, 0.25) is 11.9 Å². The number of nitrogens with one attached hydrogen (secondary N) is 2. The Morgan fingerprint density at radius 2 is 2.07 bits per heavy atom. The number of amides is 2. The predicted octanol–water partition coefficient (Wildman–Crippen LogP) is 6.27. The number of hydrogen-bond donors (Lipinski definition) is 2. The highest BCUT2D eigenvalue weighted by molar-refractivity contribution is 7.17. The summed E-state index contributed by atoms with van der Waals surface area (Å²) >= 11 is 1.36. The molecule has 0 bridgehead atoms. The van der Waals surface area contributed by atoms with E-state index >= 15 is 0 Å². The van der Waals surface area contributed by atoms with Gasteiger partial charge in [0.05, 0.1) is 27.0 Å². The van der Waals surface area contributed by atoms with Gasteiger partial charge in [0, 0.05) is 31.7 Å². The molecule has 1 aliphatic carbocycles. The van der Waals surface area contributed by atoms with Gasteiger partial charge in [-0.15, -0.1) is 11.3 Å². The summed E-state index contributed by atoms with van der Waals surface area (Å²) in [4.78, 5) is 37.9. The zero-order valence-electron chi connectivity index (χ0n) is 24.6. The van der Waals surface area contributed by atoms with Crippen LogP contribution in [0.2, 0.25) is 0 Å². The fourth-order valence-electron chi connectivity index (χ4n) is 6.09. The Morgan fingerprint density at radius 1 is 1.26 bits per heavy atom. The molecule has 2 aliphatic rings. The van der Waals surface area contributed by atoms with Gasteiger partial charge in [-0.25, -0.2) is 9.97 Å². The van der Waals surface area contributed by atoms with Crippen molar-refractivity contribution in [1.82, 2.24) is 24.8 Å². The fourth-order valence-corrected chi connectivity index (χ4v) is 6.94. The topological polar surface area (TPSA) is 105 Å². The van der Waals surface area contributed by atoms with E-state index in [0.29, 0.717) is 22.6 Å². The van der Waals surface area contributed by atoms with Crippen LogP contribution in [-0.2, 0) is 11.3 Å². The molecule has 2 N–H and O–H groups in total. The van der Waals surface area contributed by atoms with Gasteiger partial charge in [0.1, 0.15) is 0 Å². The van der Waals surface area contributed by atoms with Gasteiger partial charge in [-0.3, -0.25) is 14.9 Å². The van der Waals surface area contributed by atoms with Crippen LogP contribution in [0.3, 0.4) is 0 Å². The lowest BCUT2D eigenvalue weighted by Crippen LogP contribution is -2.42. The molecule has 220 valence electrons. The molecule has 0 unspecified atom stereocenters. The molecule has 2 amide bonds. The highest BCUT2D eigenvalue weighted by atomic mass is 32.1. The Labute approximate surface area is 250 Å². The minimum atomic E-state index is -0.208. The third kappa shape index (κ3) is 5.41. The summed E-state index contributed by atoms with van der Waals surface area (Å²) in [6.07, 6.45) is 7.28. The van der Waals surface area contributed by atoms with Crippen LogP contribution < -0.4 is 10.6 Å². The molecule has 6 rings (SSSR count). The summed E-state index contributed by atoms with van der Waals surface area (Å²) in [7, 11) is 0. The zero-order chi connectivity index (χ0) is 29.6. The number of oxazole rings is 1. The van der Waals surface area contributed by atoms with Crippen molar-refractivity contribution >= 4 is 40.1 Å². The van der Waals surface area contributed by atoms with Gasteiger partial charge in [0.25, 0.3) is 5.91 Å². The number of thiophene rings is 1. The van der Waals surface area contributed by atoms with Crippen molar-refractivity contribution in [1.29, 1.82) is 0 Å². The minimum absolute atomic E-state index is 0.000998. The van der Waals surface area contributed by atoms with E-state index in [1.165, 1.54) is 23.8 Å². The molecular formula is C32H38N6O3S. The molecule has 1 atom stereocenters. The first-order valence-electron chi connectivity index (χ1n) is 14.5. The van der Waals surface area contributed by atoms with E-state index in [-0.39, 0.29) is 28.7 Å². The van der Waals surface area contributed by atoms with Gasteiger partial charge in [-0.05, 0) is 72.9 Å². The number of likely N-dealkylation sites (tertiary alicyclic amines) is 1. The van der Waals surface area contributed by atoms with E-state index in [2.05, 4.69) is 72.7 Å². The predicted molar refractivity (Wildman–Crippen MR) is 165 cm³/mol. The first-order chi connectivity index (χ1) is 20.0. The smallest absolute Gasteiger partial charge is 0.268 e. The highest BCUT2D eigenvalue weighted by Gasteiger charge is 2.50. The largest absolute Gasteiger partial charge is 0.443 e. The van der Waals surface area contributed by atoms with Crippen molar-refractivity contribution in [2.45, 2.75) is 65.6 Å². The number of carbonyl (C=O) groups excluding carboxylic acids is 2. The Hall–Kier alpha value is -3.76. The average Bonchev–Trinajstić information content (AvgIpc) is 3.74. The van der Waals surface area contributed by atoms with Crippen LogP contribution in [0.4, 0.5) is 5.95 Å². The van der Waals surface area contributed by atoms with E-state index in [9.17, 15) is 9.59 Å². The Bertz CT molecular complexity index is 1620. The third-order valence-corrected chi connectivity index (χ3v) is 10.1. The second-order valence-electron chi connectivity index (χ2n) is 12.9. The van der Waals surface area contributed by atoms with E-state index in [0.717, 1.165) is 60.4 Å². The molecule has 1 aliphatic heterocycles. The summed E-state index contributed by atoms with van der Waals surface area (Å²) in [5.41, 5.74) is 3.27. The molecule has 10 heteroatoms. The van der Waals surface area contributed by atoms with E-state index < -0.39 is 0 Å². The van der Waals surface area contributed by atoms with Crippen LogP contribution in [0.15, 0.2) is 60.0 Å². The van der Waals surface area contributed by atoms with Crippen LogP contribution in [0.1, 0.15) is 68.2 Å². The third-order valence-electron chi connectivity index (χ3n) is 9.02. The monoisotopic (exact) mass is 586 g/mol. The second kappa shape index (κ2) is 10.8. The van der Waals surface area contributed by atoms with E-state index in [1.54, 1.807) is 12.3 Å². The molecule has 3 aromatic heterocycles. The molecule has 42 heavy (non-hydrogen) atoms. The minimum Gasteiger partial charge on any atom is -0.443 e. The van der Waals surface area contributed by atoms with Gasteiger partial charge in [-0.1, -0.05) is 33.4 Å². The first-order valence-corrected chi connectivity index (χ1v) is 15.3. The summed E-state index contributed by atoms with van der Waals surface area (Å²) < 4.78 is 7.59. The van der Waals surface area contributed by atoms with E-state index in [1.807, 2.05) is 11.0 Å². The Balaban J connectivity index is 1.26. The molecule has 9 nitrogen and oxygen atoms in total. The molecule has 1 saturated carbocycles. The lowest BCUT2D eigenvalue weighted by molar-refractivity contribution is -0.125. The van der Waals surface area contributed by atoms with Crippen LogP contribution >= 0.6 is 11.3 Å². The summed E-state index contributed by atoms with van der Waals surface area (Å²) in [5, 5.41) is 6.75. The normalized spacial score (nSPS) is 21.0. The standard InChI is InChI=1S/C32H38N6O3S/c1-6-28(39)37-12-11-32(18-37)14-22(15-32)38-24-8-7-21(16-34-20(2)31(3,4)5)13-23(24)35-30(38)36-29(40)27-10-9-26(42-27)25-17-33-19-41-25/h6-10,13,17,19-20,22,34H,1,11-12,14-16,18H2,2-5H3,(H,35,36,40)/t20-,22-,32-/m0/s1. The maximum Gasteiger partial charge on any atom is 0.268 e. The van der Waals surface area contributed by atoms with Crippen molar-refractivity contribution in [2.75, 3.05) is 18.4 Å². The summed E-state index contributed by atoms with van der Waals surface area (Å²) in [6.45, 7) is 14.8. The average molecular weight is 587 g/mol. The molecule has 1 spiro atoms. The second-order valence-corrected chi connectivity index (χ2v) is 13.9. The number of rotatable bonds is 8. The maximum absolute atomic E-state index is 13.4. The van der Waals surface area contributed by atoms with Crippen LogP contribution in [0, 0.1) is 10.8 Å². The maximum atomic E-state index is 13.4. The van der Waals surface area contributed by atoms with Gasteiger partial charge >= 0.3 is 0 Å². The molecule has 4 heterocycles. The van der Waals surface area contributed by atoms with Gasteiger partial charge in [-0.2, -0.15) is 0 Å². The number of carbonyl (C=O) groups is 2. The van der Waals surface area contributed by atoms with E-state index in [4.69, 9.17) is 9.40 Å². The first kappa shape index (κ1) is 28.4. The number of anilines is 1. The number of hydrogen-bond acceptors (Lipinski definition) is 7. The molecular weight excluding hydrogens is 548 g/mol. The Kier molecular flexibility index (Phi) is 7.31. The lowest BCUT2D eigenvalue weighted by Gasteiger charge is -2.46.